The molecule has 4 nitrogen and oxygen atoms in total. The molecule has 0 radical (unpaired) electrons. The van der Waals surface area contributed by atoms with Crippen molar-refractivity contribution in [3.05, 3.63) is 58.2 Å². The van der Waals surface area contributed by atoms with Gasteiger partial charge in [0.25, 0.3) is 0 Å². The molecule has 192 valence electrons. The molecule has 0 bridgehead atoms. The number of hydrogen-bond donors (Lipinski definition) is 0. The SMILES string of the molecule is CCc1cc(-c2ccc3ncc(C(=O)CC(C)C)c(N4CCC(CN(C)C)CC4)c3c2)cc(Cl)c1C. The van der Waals surface area contributed by atoms with Crippen LogP contribution in [0.5, 0.6) is 0 Å². The summed E-state index contributed by atoms with van der Waals surface area (Å²) in [4.78, 5) is 22.9. The Hall–Kier alpha value is -2.43. The molecule has 0 spiro atoms. The summed E-state index contributed by atoms with van der Waals surface area (Å²) >= 11 is 6.61. The summed E-state index contributed by atoms with van der Waals surface area (Å²) in [6.07, 6.45) is 5.55. The number of anilines is 1. The summed E-state index contributed by atoms with van der Waals surface area (Å²) in [6.45, 7) is 11.5. The molecule has 2 heterocycles. The van der Waals surface area contributed by atoms with Crippen LogP contribution in [0.15, 0.2) is 36.5 Å². The fraction of sp³-hybridized carbons (Fsp3) is 0.484. The van der Waals surface area contributed by atoms with Crippen molar-refractivity contribution in [1.82, 2.24) is 9.88 Å². The molecule has 0 amide bonds. The summed E-state index contributed by atoms with van der Waals surface area (Å²) in [5.74, 6) is 1.18. The second-order valence-corrected chi connectivity index (χ2v) is 11.5. The number of fused-ring (bicyclic) bond motifs is 1. The summed E-state index contributed by atoms with van der Waals surface area (Å²) in [5, 5.41) is 1.86. The van der Waals surface area contributed by atoms with Gasteiger partial charge >= 0.3 is 0 Å². The highest BCUT2D eigenvalue weighted by atomic mass is 35.5. The molecule has 36 heavy (non-hydrogen) atoms. The molecule has 1 fully saturated rings. The average Bonchev–Trinajstić information content (AvgIpc) is 2.84. The third-order valence-corrected chi connectivity index (χ3v) is 7.85. The molecule has 1 aliphatic heterocycles. The monoisotopic (exact) mass is 505 g/mol. The van der Waals surface area contributed by atoms with Crippen LogP contribution in [0.4, 0.5) is 5.69 Å². The molecule has 1 aromatic heterocycles. The highest BCUT2D eigenvalue weighted by Crippen LogP contribution is 2.37. The topological polar surface area (TPSA) is 36.4 Å². The summed E-state index contributed by atoms with van der Waals surface area (Å²) in [6, 6.07) is 10.7. The van der Waals surface area contributed by atoms with Crippen LogP contribution >= 0.6 is 11.6 Å². The predicted molar refractivity (Wildman–Crippen MR) is 154 cm³/mol. The third kappa shape index (κ3) is 5.76. The van der Waals surface area contributed by atoms with Crippen molar-refractivity contribution < 1.29 is 4.79 Å². The van der Waals surface area contributed by atoms with Crippen molar-refractivity contribution >= 4 is 34.0 Å². The van der Waals surface area contributed by atoms with Gasteiger partial charge in [0.2, 0.25) is 0 Å². The molecule has 0 N–H and O–H groups in total. The van der Waals surface area contributed by atoms with Crippen LogP contribution in [-0.2, 0) is 6.42 Å². The van der Waals surface area contributed by atoms with Crippen LogP contribution in [0.25, 0.3) is 22.0 Å². The number of aromatic nitrogens is 1. The van der Waals surface area contributed by atoms with E-state index in [2.05, 4.69) is 81.9 Å². The van der Waals surface area contributed by atoms with E-state index in [1.165, 1.54) is 5.56 Å². The number of benzene rings is 2. The van der Waals surface area contributed by atoms with E-state index < -0.39 is 0 Å². The zero-order valence-electron chi connectivity index (χ0n) is 22.7. The largest absolute Gasteiger partial charge is 0.370 e. The summed E-state index contributed by atoms with van der Waals surface area (Å²) < 4.78 is 0. The summed E-state index contributed by atoms with van der Waals surface area (Å²) in [7, 11) is 4.29. The van der Waals surface area contributed by atoms with Crippen molar-refractivity contribution in [1.29, 1.82) is 0 Å². The second-order valence-electron chi connectivity index (χ2n) is 11.1. The molecule has 1 saturated heterocycles. The lowest BCUT2D eigenvalue weighted by Gasteiger charge is -2.36. The molecule has 0 atom stereocenters. The van der Waals surface area contributed by atoms with Gasteiger partial charge in [0.05, 0.1) is 16.8 Å². The van der Waals surface area contributed by atoms with E-state index in [0.717, 1.165) is 82.8 Å². The smallest absolute Gasteiger partial charge is 0.166 e. The predicted octanol–water partition coefficient (Wildman–Crippen LogP) is 7.43. The lowest BCUT2D eigenvalue weighted by Crippen LogP contribution is -2.38. The molecule has 1 aliphatic rings. The number of halogens is 1. The van der Waals surface area contributed by atoms with E-state index in [0.29, 0.717) is 18.3 Å². The minimum atomic E-state index is 0.182. The van der Waals surface area contributed by atoms with Crippen LogP contribution in [-0.4, -0.2) is 49.4 Å². The Labute approximate surface area is 221 Å². The van der Waals surface area contributed by atoms with Crippen molar-refractivity contribution in [3.8, 4) is 11.1 Å². The van der Waals surface area contributed by atoms with Crippen molar-refractivity contribution in [2.45, 2.75) is 53.4 Å². The molecule has 5 heteroatoms. The Morgan fingerprint density at radius 3 is 2.50 bits per heavy atom. The fourth-order valence-corrected chi connectivity index (χ4v) is 5.75. The first-order valence-corrected chi connectivity index (χ1v) is 13.7. The van der Waals surface area contributed by atoms with E-state index >= 15 is 0 Å². The maximum Gasteiger partial charge on any atom is 0.166 e. The van der Waals surface area contributed by atoms with E-state index in [1.807, 2.05) is 6.20 Å². The number of pyridine rings is 1. The number of aryl methyl sites for hydroxylation is 1. The van der Waals surface area contributed by atoms with Crippen LogP contribution < -0.4 is 4.90 Å². The lowest BCUT2D eigenvalue weighted by molar-refractivity contribution is 0.0968. The average molecular weight is 506 g/mol. The number of ketones is 1. The number of rotatable bonds is 8. The Bertz CT molecular complexity index is 1240. The van der Waals surface area contributed by atoms with Crippen LogP contribution in [0.3, 0.4) is 0 Å². The minimum Gasteiger partial charge on any atom is -0.370 e. The molecular weight excluding hydrogens is 466 g/mol. The highest BCUT2D eigenvalue weighted by Gasteiger charge is 2.26. The molecule has 0 saturated carbocycles. The van der Waals surface area contributed by atoms with Crippen molar-refractivity contribution in [2.75, 3.05) is 38.6 Å². The van der Waals surface area contributed by atoms with E-state index in [-0.39, 0.29) is 5.78 Å². The Morgan fingerprint density at radius 1 is 1.14 bits per heavy atom. The zero-order chi connectivity index (χ0) is 26.0. The molecular formula is C31H40ClN3O. The van der Waals surface area contributed by atoms with Gasteiger partial charge in [-0.25, -0.2) is 0 Å². The first kappa shape index (κ1) is 26.6. The quantitative estimate of drug-likeness (QED) is 0.298. The minimum absolute atomic E-state index is 0.182. The number of carbonyl (C=O) groups excluding carboxylic acids is 1. The van der Waals surface area contributed by atoms with Crippen molar-refractivity contribution in [2.24, 2.45) is 11.8 Å². The lowest BCUT2D eigenvalue weighted by atomic mass is 9.92. The molecule has 0 aliphatic carbocycles. The van der Waals surface area contributed by atoms with Gasteiger partial charge in [0, 0.05) is 42.7 Å². The van der Waals surface area contributed by atoms with Gasteiger partial charge in [-0.05, 0) is 92.6 Å². The molecule has 3 aromatic rings. The zero-order valence-corrected chi connectivity index (χ0v) is 23.5. The van der Waals surface area contributed by atoms with Gasteiger partial charge in [-0.3, -0.25) is 9.78 Å². The van der Waals surface area contributed by atoms with Gasteiger partial charge in [-0.15, -0.1) is 0 Å². The third-order valence-electron chi connectivity index (χ3n) is 7.45. The number of carbonyl (C=O) groups is 1. The van der Waals surface area contributed by atoms with Crippen LogP contribution in [0.1, 0.15) is 61.5 Å². The first-order chi connectivity index (χ1) is 17.2. The van der Waals surface area contributed by atoms with E-state index in [1.54, 1.807) is 0 Å². The number of piperidine rings is 1. The fourth-order valence-electron chi connectivity index (χ4n) is 5.51. The normalized spacial score (nSPS) is 14.9. The van der Waals surface area contributed by atoms with Gasteiger partial charge in [0.15, 0.2) is 5.78 Å². The summed E-state index contributed by atoms with van der Waals surface area (Å²) in [5.41, 5.74) is 7.38. The van der Waals surface area contributed by atoms with Crippen molar-refractivity contribution in [3.63, 3.8) is 0 Å². The molecule has 2 aromatic carbocycles. The standard InChI is InChI=1S/C31H40ClN3O/c1-7-23-15-25(17-28(32)21(23)4)24-8-9-29-26(16-24)31(27(18-33-29)30(36)14-20(2)3)35-12-10-22(11-13-35)19-34(5)6/h8-9,15-18,20,22H,7,10-14,19H2,1-6H3. The molecule has 4 rings (SSSR count). The Balaban J connectivity index is 1.82. The highest BCUT2D eigenvalue weighted by molar-refractivity contribution is 6.31. The number of hydrogen-bond acceptors (Lipinski definition) is 4. The van der Waals surface area contributed by atoms with E-state index in [4.69, 9.17) is 16.6 Å². The van der Waals surface area contributed by atoms with Crippen LogP contribution in [0.2, 0.25) is 5.02 Å². The maximum atomic E-state index is 13.4. The Morgan fingerprint density at radius 2 is 1.86 bits per heavy atom. The van der Waals surface area contributed by atoms with Gasteiger partial charge in [-0.1, -0.05) is 44.5 Å². The number of Topliss-reactive ketones (excluding diaryl/α,β-unsaturated/α-hetero) is 1. The Kier molecular flexibility index (Phi) is 8.37. The maximum absolute atomic E-state index is 13.4. The van der Waals surface area contributed by atoms with Gasteiger partial charge < -0.3 is 9.80 Å². The van der Waals surface area contributed by atoms with Gasteiger partial charge in [0.1, 0.15) is 0 Å². The van der Waals surface area contributed by atoms with Gasteiger partial charge in [-0.2, -0.15) is 0 Å². The van der Waals surface area contributed by atoms with Crippen LogP contribution in [0, 0.1) is 18.8 Å². The number of nitrogens with zero attached hydrogens (tertiary/aromatic N) is 3. The second kappa shape index (κ2) is 11.3. The van der Waals surface area contributed by atoms with E-state index in [9.17, 15) is 4.79 Å². The first-order valence-electron chi connectivity index (χ1n) is 13.3. The molecule has 0 unspecified atom stereocenters.